The van der Waals surface area contributed by atoms with E-state index in [4.69, 9.17) is 4.74 Å². The summed E-state index contributed by atoms with van der Waals surface area (Å²) in [6, 6.07) is 9.35. The summed E-state index contributed by atoms with van der Waals surface area (Å²) < 4.78 is 5.48. The van der Waals surface area contributed by atoms with Gasteiger partial charge in [0.15, 0.2) is 0 Å². The van der Waals surface area contributed by atoms with Crippen molar-refractivity contribution in [2.45, 2.75) is 71.6 Å². The summed E-state index contributed by atoms with van der Waals surface area (Å²) in [5, 5.41) is 0. The van der Waals surface area contributed by atoms with E-state index in [1.54, 1.807) is 0 Å². The Bertz CT molecular complexity index is 518. The van der Waals surface area contributed by atoms with E-state index in [2.05, 4.69) is 13.0 Å². The molecule has 0 heterocycles. The molecule has 0 aromatic heterocycles. The standard InChI is InChI=1S/C22H32O2/c1-3-4-5-6-8-11-19-14-16-20(17-15-19)18(2)22(23)24-21-12-9-7-10-13-21/h7,9-10,12-13,16,18-19H,3-6,8,11,14-15,17H2,1-2H3. The summed E-state index contributed by atoms with van der Waals surface area (Å²) in [7, 11) is 0. The molecule has 0 bridgehead atoms. The molecule has 1 aliphatic carbocycles. The maximum Gasteiger partial charge on any atom is 0.318 e. The van der Waals surface area contributed by atoms with E-state index < -0.39 is 0 Å². The highest BCUT2D eigenvalue weighted by molar-refractivity contribution is 5.77. The first-order valence-corrected chi connectivity index (χ1v) is 9.66. The number of carbonyl (C=O) groups excluding carboxylic acids is 1. The number of allylic oxidation sites excluding steroid dienone is 1. The van der Waals surface area contributed by atoms with Crippen LogP contribution in [0.5, 0.6) is 5.75 Å². The van der Waals surface area contributed by atoms with Crippen molar-refractivity contribution in [1.29, 1.82) is 0 Å². The Hall–Kier alpha value is -1.57. The minimum absolute atomic E-state index is 0.129. The molecule has 132 valence electrons. The minimum atomic E-state index is -0.134. The second-order valence-corrected chi connectivity index (χ2v) is 7.08. The number of ether oxygens (including phenoxy) is 1. The van der Waals surface area contributed by atoms with Gasteiger partial charge in [0.05, 0.1) is 5.92 Å². The summed E-state index contributed by atoms with van der Waals surface area (Å²) >= 11 is 0. The van der Waals surface area contributed by atoms with E-state index in [0.717, 1.165) is 18.8 Å². The smallest absolute Gasteiger partial charge is 0.318 e. The lowest BCUT2D eigenvalue weighted by Crippen LogP contribution is -2.21. The van der Waals surface area contributed by atoms with Crippen LogP contribution in [0.4, 0.5) is 0 Å². The monoisotopic (exact) mass is 328 g/mol. The molecule has 0 amide bonds. The summed E-state index contributed by atoms with van der Waals surface area (Å²) in [5.74, 6) is 1.18. The number of benzene rings is 1. The SMILES string of the molecule is CCCCCCCC1CC=C(C(C)C(=O)Oc2ccccc2)CC1. The van der Waals surface area contributed by atoms with Crippen LogP contribution in [0.3, 0.4) is 0 Å². The topological polar surface area (TPSA) is 26.3 Å². The average Bonchev–Trinajstić information content (AvgIpc) is 2.62. The third-order valence-electron chi connectivity index (χ3n) is 5.14. The van der Waals surface area contributed by atoms with Gasteiger partial charge in [-0.05, 0) is 44.2 Å². The predicted octanol–water partition coefficient (Wildman–Crippen LogP) is 6.32. The van der Waals surface area contributed by atoms with E-state index in [9.17, 15) is 4.79 Å². The quantitative estimate of drug-likeness (QED) is 0.230. The first-order valence-electron chi connectivity index (χ1n) is 9.66. The maximum absolute atomic E-state index is 12.3. The summed E-state index contributed by atoms with van der Waals surface area (Å²) in [4.78, 5) is 12.3. The zero-order valence-corrected chi connectivity index (χ0v) is 15.3. The largest absolute Gasteiger partial charge is 0.426 e. The first-order chi connectivity index (χ1) is 11.7. The van der Waals surface area contributed by atoms with Crippen LogP contribution in [0.15, 0.2) is 42.0 Å². The van der Waals surface area contributed by atoms with Crippen LogP contribution < -0.4 is 4.74 Å². The van der Waals surface area contributed by atoms with Crippen LogP contribution in [0.25, 0.3) is 0 Å². The Morgan fingerprint density at radius 3 is 2.58 bits per heavy atom. The van der Waals surface area contributed by atoms with Gasteiger partial charge < -0.3 is 4.74 Å². The number of para-hydroxylation sites is 1. The molecule has 2 unspecified atom stereocenters. The van der Waals surface area contributed by atoms with E-state index >= 15 is 0 Å². The van der Waals surface area contributed by atoms with Gasteiger partial charge in [0.25, 0.3) is 0 Å². The molecular formula is C22H32O2. The van der Waals surface area contributed by atoms with E-state index in [1.807, 2.05) is 37.3 Å². The van der Waals surface area contributed by atoms with Crippen molar-refractivity contribution in [3.63, 3.8) is 0 Å². The highest BCUT2D eigenvalue weighted by Gasteiger charge is 2.23. The van der Waals surface area contributed by atoms with Crippen molar-refractivity contribution >= 4 is 5.97 Å². The number of hydrogen-bond donors (Lipinski definition) is 0. The van der Waals surface area contributed by atoms with Crippen molar-refractivity contribution in [3.05, 3.63) is 42.0 Å². The Morgan fingerprint density at radius 2 is 1.92 bits per heavy atom. The lowest BCUT2D eigenvalue weighted by molar-refractivity contribution is -0.137. The second kappa shape index (κ2) is 10.3. The molecule has 0 saturated heterocycles. The normalized spacial score (nSPS) is 18.8. The first kappa shape index (κ1) is 18.8. The van der Waals surface area contributed by atoms with Crippen molar-refractivity contribution in [3.8, 4) is 5.75 Å². The predicted molar refractivity (Wildman–Crippen MR) is 100 cm³/mol. The van der Waals surface area contributed by atoms with Gasteiger partial charge in [0.2, 0.25) is 0 Å². The molecule has 2 nitrogen and oxygen atoms in total. The zero-order valence-electron chi connectivity index (χ0n) is 15.3. The third-order valence-corrected chi connectivity index (χ3v) is 5.14. The number of unbranched alkanes of at least 4 members (excludes halogenated alkanes) is 4. The van der Waals surface area contributed by atoms with Gasteiger partial charge in [-0.2, -0.15) is 0 Å². The second-order valence-electron chi connectivity index (χ2n) is 7.08. The molecule has 1 aromatic rings. The summed E-state index contributed by atoms with van der Waals surface area (Å²) in [6.07, 6.45) is 13.8. The van der Waals surface area contributed by atoms with Crippen LogP contribution in [-0.4, -0.2) is 5.97 Å². The minimum Gasteiger partial charge on any atom is -0.426 e. The molecule has 0 radical (unpaired) electrons. The van der Waals surface area contributed by atoms with Crippen molar-refractivity contribution in [1.82, 2.24) is 0 Å². The van der Waals surface area contributed by atoms with Crippen molar-refractivity contribution < 1.29 is 9.53 Å². The Kier molecular flexibility index (Phi) is 8.07. The molecule has 1 aromatic carbocycles. The summed E-state index contributed by atoms with van der Waals surface area (Å²) in [5.41, 5.74) is 1.26. The molecule has 24 heavy (non-hydrogen) atoms. The van der Waals surface area contributed by atoms with Gasteiger partial charge in [-0.15, -0.1) is 0 Å². The molecule has 0 fully saturated rings. The fourth-order valence-corrected chi connectivity index (χ4v) is 3.45. The van der Waals surface area contributed by atoms with E-state index in [0.29, 0.717) is 5.75 Å². The van der Waals surface area contributed by atoms with Gasteiger partial charge >= 0.3 is 5.97 Å². The molecule has 0 N–H and O–H groups in total. The fourth-order valence-electron chi connectivity index (χ4n) is 3.45. The molecule has 0 aliphatic heterocycles. The Morgan fingerprint density at radius 1 is 1.17 bits per heavy atom. The van der Waals surface area contributed by atoms with E-state index in [1.165, 1.54) is 50.5 Å². The van der Waals surface area contributed by atoms with E-state index in [-0.39, 0.29) is 11.9 Å². The lowest BCUT2D eigenvalue weighted by Gasteiger charge is -2.24. The number of hydrogen-bond acceptors (Lipinski definition) is 2. The summed E-state index contributed by atoms with van der Waals surface area (Å²) in [6.45, 7) is 4.24. The van der Waals surface area contributed by atoms with Crippen LogP contribution in [0.2, 0.25) is 0 Å². The average molecular weight is 328 g/mol. The van der Waals surface area contributed by atoms with Gasteiger partial charge in [-0.25, -0.2) is 0 Å². The molecule has 0 spiro atoms. The van der Waals surface area contributed by atoms with Crippen molar-refractivity contribution in [2.24, 2.45) is 11.8 Å². The zero-order chi connectivity index (χ0) is 17.2. The third kappa shape index (κ3) is 6.14. The van der Waals surface area contributed by atoms with Gasteiger partial charge in [0, 0.05) is 0 Å². The lowest BCUT2D eigenvalue weighted by atomic mass is 9.82. The number of carbonyl (C=O) groups is 1. The Labute approximate surface area is 147 Å². The molecule has 2 heteroatoms. The highest BCUT2D eigenvalue weighted by Crippen LogP contribution is 2.32. The Balaban J connectivity index is 1.73. The van der Waals surface area contributed by atoms with Crippen LogP contribution in [0, 0.1) is 11.8 Å². The molecule has 1 aliphatic rings. The van der Waals surface area contributed by atoms with Gasteiger partial charge in [-0.1, -0.05) is 75.3 Å². The van der Waals surface area contributed by atoms with Gasteiger partial charge in [0.1, 0.15) is 5.75 Å². The molecular weight excluding hydrogens is 296 g/mol. The number of esters is 1. The van der Waals surface area contributed by atoms with Crippen LogP contribution in [-0.2, 0) is 4.79 Å². The van der Waals surface area contributed by atoms with Crippen LogP contribution in [0.1, 0.15) is 71.6 Å². The van der Waals surface area contributed by atoms with Gasteiger partial charge in [-0.3, -0.25) is 4.79 Å². The molecule has 2 atom stereocenters. The number of rotatable bonds is 9. The maximum atomic E-state index is 12.3. The van der Waals surface area contributed by atoms with Crippen molar-refractivity contribution in [2.75, 3.05) is 0 Å². The molecule has 0 saturated carbocycles. The molecule has 2 rings (SSSR count). The van der Waals surface area contributed by atoms with Crippen LogP contribution >= 0.6 is 0 Å². The fraction of sp³-hybridized carbons (Fsp3) is 0.591. The highest BCUT2D eigenvalue weighted by atomic mass is 16.5.